The fourth-order valence-electron chi connectivity index (χ4n) is 5.69. The summed E-state index contributed by atoms with van der Waals surface area (Å²) in [6, 6.07) is 26.2. The summed E-state index contributed by atoms with van der Waals surface area (Å²) < 4.78 is 0. The van der Waals surface area contributed by atoms with Crippen LogP contribution in [-0.2, 0) is 14.4 Å². The van der Waals surface area contributed by atoms with E-state index in [1.165, 1.54) is 0 Å². The van der Waals surface area contributed by atoms with Crippen LogP contribution in [0.1, 0.15) is 95.6 Å². The lowest BCUT2D eigenvalue weighted by molar-refractivity contribution is -0.279. The molecule has 232 valence electrons. The third-order valence-corrected chi connectivity index (χ3v) is 7.96. The van der Waals surface area contributed by atoms with E-state index < -0.39 is 35.4 Å². The lowest BCUT2D eigenvalue weighted by Crippen LogP contribution is -2.46. The Morgan fingerprint density at radius 1 is 0.698 bits per heavy atom. The topological polar surface area (TPSA) is 107 Å². The van der Waals surface area contributed by atoms with Crippen molar-refractivity contribution < 1.29 is 29.7 Å². The maximum atomic E-state index is 12.7. The third kappa shape index (κ3) is 9.66. The van der Waals surface area contributed by atoms with Gasteiger partial charge < -0.3 is 15.3 Å². The maximum absolute atomic E-state index is 12.7. The highest BCUT2D eigenvalue weighted by Gasteiger charge is 2.38. The van der Waals surface area contributed by atoms with Gasteiger partial charge in [0.1, 0.15) is 11.9 Å². The minimum Gasteiger partial charge on any atom is -0.508 e. The van der Waals surface area contributed by atoms with E-state index in [0.717, 1.165) is 11.1 Å². The van der Waals surface area contributed by atoms with E-state index in [0.29, 0.717) is 12.0 Å². The summed E-state index contributed by atoms with van der Waals surface area (Å²) in [5, 5.41) is 32.4. The quantitative estimate of drug-likeness (QED) is 0.153. The number of aliphatic carboxylic acids is 2. The predicted octanol–water partition coefficient (Wildman–Crippen LogP) is 8.24. The van der Waals surface area contributed by atoms with Crippen LogP contribution >= 0.6 is 0 Å². The van der Waals surface area contributed by atoms with Gasteiger partial charge in [0.25, 0.3) is 0 Å². The minimum atomic E-state index is -1.06. The number of rotatable bonds is 15. The molecular formula is C36H47NO6. The van der Waals surface area contributed by atoms with Gasteiger partial charge in [-0.1, -0.05) is 93.6 Å². The zero-order valence-electron chi connectivity index (χ0n) is 26.2. The molecule has 0 spiro atoms. The Balaban J connectivity index is 1.96. The number of phenols is 1. The van der Waals surface area contributed by atoms with Gasteiger partial charge in [0.05, 0.1) is 17.9 Å². The predicted molar refractivity (Wildman–Crippen MR) is 169 cm³/mol. The molecule has 0 aromatic heterocycles. The fourth-order valence-corrected chi connectivity index (χ4v) is 5.69. The van der Waals surface area contributed by atoms with Gasteiger partial charge in [0.15, 0.2) is 0 Å². The number of carboxylic acid groups (broad SMARTS) is 2. The number of carboxylic acids is 2. The number of hydroxylamine groups is 2. The monoisotopic (exact) mass is 589 g/mol. The lowest BCUT2D eigenvalue weighted by atomic mass is 9.82. The first-order chi connectivity index (χ1) is 20.3. The zero-order chi connectivity index (χ0) is 31.7. The van der Waals surface area contributed by atoms with Crippen molar-refractivity contribution >= 4 is 11.9 Å². The van der Waals surface area contributed by atoms with E-state index in [9.17, 15) is 24.9 Å². The van der Waals surface area contributed by atoms with E-state index in [1.54, 1.807) is 24.3 Å². The van der Waals surface area contributed by atoms with Crippen molar-refractivity contribution in [1.29, 1.82) is 0 Å². The molecule has 3 rings (SSSR count). The van der Waals surface area contributed by atoms with Crippen LogP contribution in [0.5, 0.6) is 5.75 Å². The smallest absolute Gasteiger partial charge is 0.306 e. The van der Waals surface area contributed by atoms with Crippen molar-refractivity contribution in [2.75, 3.05) is 0 Å². The van der Waals surface area contributed by atoms with Crippen LogP contribution < -0.4 is 0 Å². The summed E-state index contributed by atoms with van der Waals surface area (Å²) >= 11 is 0. The summed E-state index contributed by atoms with van der Waals surface area (Å²) in [4.78, 5) is 31.9. The SMILES string of the molecule is CC(CC(CC(CC(ON(C(c1ccccc1)C(C)C)C(C)(C)C)c1ccc(O)cc1)C(=O)O)C(=O)O)c1ccccc1. The van der Waals surface area contributed by atoms with Gasteiger partial charge in [0, 0.05) is 5.54 Å². The van der Waals surface area contributed by atoms with Crippen LogP contribution in [0.25, 0.3) is 0 Å². The molecule has 0 saturated heterocycles. The van der Waals surface area contributed by atoms with Crippen molar-refractivity contribution in [1.82, 2.24) is 5.06 Å². The molecule has 0 saturated carbocycles. The van der Waals surface area contributed by atoms with Crippen molar-refractivity contribution in [3.8, 4) is 5.75 Å². The van der Waals surface area contributed by atoms with E-state index in [4.69, 9.17) is 4.84 Å². The number of hydrogen-bond acceptors (Lipinski definition) is 5. The summed E-state index contributed by atoms with van der Waals surface area (Å²) in [7, 11) is 0. The number of carbonyl (C=O) groups is 2. The highest BCUT2D eigenvalue weighted by atomic mass is 16.7. The average Bonchev–Trinajstić information content (AvgIpc) is 2.95. The van der Waals surface area contributed by atoms with E-state index in [1.807, 2.05) is 60.5 Å². The number of hydrogen-bond donors (Lipinski definition) is 3. The molecule has 5 atom stereocenters. The molecule has 0 radical (unpaired) electrons. The Morgan fingerprint density at radius 3 is 1.65 bits per heavy atom. The fraction of sp³-hybridized carbons (Fsp3) is 0.444. The molecule has 3 N–H and O–H groups in total. The van der Waals surface area contributed by atoms with Crippen LogP contribution in [0.15, 0.2) is 84.9 Å². The van der Waals surface area contributed by atoms with Gasteiger partial charge in [-0.25, -0.2) is 0 Å². The number of benzene rings is 3. The number of phenolic OH excluding ortho intramolecular Hbond substituents is 1. The molecule has 0 amide bonds. The normalized spacial score (nSPS) is 15.5. The van der Waals surface area contributed by atoms with Gasteiger partial charge in [-0.15, -0.1) is 0 Å². The molecule has 43 heavy (non-hydrogen) atoms. The summed E-state index contributed by atoms with van der Waals surface area (Å²) in [6.45, 7) is 12.4. The van der Waals surface area contributed by atoms with Crippen LogP contribution in [0.2, 0.25) is 0 Å². The average molecular weight is 590 g/mol. The van der Waals surface area contributed by atoms with Crippen LogP contribution in [-0.4, -0.2) is 37.9 Å². The number of aromatic hydroxyl groups is 1. The molecule has 0 bridgehead atoms. The van der Waals surface area contributed by atoms with E-state index in [-0.39, 0.29) is 36.5 Å². The van der Waals surface area contributed by atoms with Gasteiger partial charge >= 0.3 is 11.9 Å². The lowest BCUT2D eigenvalue weighted by Gasteiger charge is -2.44. The van der Waals surface area contributed by atoms with Crippen molar-refractivity contribution in [2.45, 2.75) is 84.4 Å². The molecule has 7 nitrogen and oxygen atoms in total. The largest absolute Gasteiger partial charge is 0.508 e. The van der Waals surface area contributed by atoms with Crippen LogP contribution in [0.3, 0.4) is 0 Å². The summed E-state index contributed by atoms with van der Waals surface area (Å²) in [6.07, 6.45) is -0.338. The first kappa shape index (κ1) is 33.8. The zero-order valence-corrected chi connectivity index (χ0v) is 26.2. The first-order valence-electron chi connectivity index (χ1n) is 15.1. The highest BCUT2D eigenvalue weighted by Crippen LogP contribution is 2.40. The first-order valence-corrected chi connectivity index (χ1v) is 15.1. The second kappa shape index (κ2) is 15.2. The van der Waals surface area contributed by atoms with Gasteiger partial charge in [0.2, 0.25) is 0 Å². The van der Waals surface area contributed by atoms with Gasteiger partial charge in [-0.3, -0.25) is 14.4 Å². The van der Waals surface area contributed by atoms with E-state index >= 15 is 0 Å². The molecule has 3 aromatic rings. The molecule has 0 heterocycles. The Morgan fingerprint density at radius 2 is 1.19 bits per heavy atom. The molecule has 5 unspecified atom stereocenters. The summed E-state index contributed by atoms with van der Waals surface area (Å²) in [5.74, 6) is -3.67. The Kier molecular flexibility index (Phi) is 11.9. The van der Waals surface area contributed by atoms with Crippen molar-refractivity contribution in [3.63, 3.8) is 0 Å². The maximum Gasteiger partial charge on any atom is 0.306 e. The Hall–Kier alpha value is -3.68. The second-order valence-electron chi connectivity index (χ2n) is 12.9. The molecule has 0 aliphatic heterocycles. The molecule has 7 heteroatoms. The van der Waals surface area contributed by atoms with E-state index in [2.05, 4.69) is 46.8 Å². The second-order valence-corrected chi connectivity index (χ2v) is 12.9. The minimum absolute atomic E-state index is 0.0262. The van der Waals surface area contributed by atoms with Crippen LogP contribution in [0.4, 0.5) is 0 Å². The summed E-state index contributed by atoms with van der Waals surface area (Å²) in [5.41, 5.74) is 2.34. The Labute approximate surface area is 256 Å². The van der Waals surface area contributed by atoms with Crippen LogP contribution in [0, 0.1) is 17.8 Å². The molecule has 0 fully saturated rings. The molecule has 0 aliphatic rings. The number of nitrogens with zero attached hydrogens (tertiary/aromatic N) is 1. The highest BCUT2D eigenvalue weighted by molar-refractivity contribution is 5.74. The third-order valence-electron chi connectivity index (χ3n) is 7.96. The molecular weight excluding hydrogens is 542 g/mol. The van der Waals surface area contributed by atoms with Crippen molar-refractivity contribution in [3.05, 3.63) is 102 Å². The molecule has 3 aromatic carbocycles. The molecule has 0 aliphatic carbocycles. The van der Waals surface area contributed by atoms with Gasteiger partial charge in [-0.05, 0) is 80.7 Å². The van der Waals surface area contributed by atoms with Gasteiger partial charge in [-0.2, -0.15) is 5.06 Å². The van der Waals surface area contributed by atoms with Crippen molar-refractivity contribution in [2.24, 2.45) is 17.8 Å². The Bertz CT molecular complexity index is 1290. The standard InChI is InChI=1S/C36H47NO6/c1-24(2)33(28-15-11-8-12-16-28)37(36(4,5)6)43-32(27-17-19-31(38)20-18-27)23-30(35(41)42)22-29(34(39)40)21-25(3)26-13-9-7-10-14-26/h7-20,24-25,29-30,32-33,38H,21-23H2,1-6H3,(H,39,40)(H,41,42).